The number of anilines is 1. The maximum Gasteiger partial charge on any atom is 0.337 e. The molecule has 1 saturated heterocycles. The van der Waals surface area contributed by atoms with Gasteiger partial charge in [-0.05, 0) is 68.3 Å². The maximum atomic E-state index is 14.1. The Morgan fingerprint density at radius 2 is 1.76 bits per heavy atom. The fourth-order valence-electron chi connectivity index (χ4n) is 5.23. The van der Waals surface area contributed by atoms with E-state index in [4.69, 9.17) is 9.47 Å². The summed E-state index contributed by atoms with van der Waals surface area (Å²) in [6, 6.07) is 6.16. The number of rotatable bonds is 8. The lowest BCUT2D eigenvalue weighted by Crippen LogP contribution is -2.54. The predicted molar refractivity (Wildman–Crippen MR) is 149 cm³/mol. The quantitative estimate of drug-likeness (QED) is 0.368. The van der Waals surface area contributed by atoms with Crippen LogP contribution in [0.2, 0.25) is 0 Å². The largest absolute Gasteiger partial charge is 0.497 e. The first kappa shape index (κ1) is 29.8. The van der Waals surface area contributed by atoms with Gasteiger partial charge in [-0.2, -0.15) is 0 Å². The van der Waals surface area contributed by atoms with Crippen LogP contribution >= 0.6 is 0 Å². The number of carbonyl (C=O) groups is 3. The number of imide groups is 1. The summed E-state index contributed by atoms with van der Waals surface area (Å²) in [7, 11) is 2.81. The lowest BCUT2D eigenvalue weighted by Gasteiger charge is -2.37. The topological polar surface area (TPSA) is 103 Å². The molecule has 1 atom stereocenters. The van der Waals surface area contributed by atoms with Gasteiger partial charge in [-0.15, -0.1) is 0 Å². The minimum absolute atomic E-state index is 0.0543. The van der Waals surface area contributed by atoms with E-state index in [1.54, 1.807) is 7.11 Å². The van der Waals surface area contributed by atoms with Crippen molar-refractivity contribution < 1.29 is 32.6 Å². The number of allylic oxidation sites excluding steroid dienone is 1. The van der Waals surface area contributed by atoms with Gasteiger partial charge in [0.05, 0.1) is 19.8 Å². The van der Waals surface area contributed by atoms with Crippen LogP contribution in [-0.2, 0) is 9.53 Å². The van der Waals surface area contributed by atoms with Crippen LogP contribution in [0.15, 0.2) is 47.7 Å². The number of urea groups is 2. The van der Waals surface area contributed by atoms with Crippen LogP contribution in [0.1, 0.15) is 30.5 Å². The van der Waals surface area contributed by atoms with Gasteiger partial charge in [0.1, 0.15) is 11.8 Å². The smallest absolute Gasteiger partial charge is 0.337 e. The Labute approximate surface area is 237 Å². The molecule has 1 fully saturated rings. The second kappa shape index (κ2) is 13.0. The van der Waals surface area contributed by atoms with Crippen LogP contribution < -0.4 is 20.3 Å². The molecule has 1 unspecified atom stereocenters. The molecule has 0 spiro atoms. The normalized spacial score (nSPS) is 17.8. The highest BCUT2D eigenvalue weighted by molar-refractivity contribution is 6.01. The van der Waals surface area contributed by atoms with Gasteiger partial charge in [-0.25, -0.2) is 28.1 Å². The number of piperazine rings is 1. The molecule has 0 radical (unpaired) electrons. The van der Waals surface area contributed by atoms with E-state index in [0.29, 0.717) is 6.42 Å². The molecule has 0 bridgehead atoms. The Kier molecular flexibility index (Phi) is 9.43. The Morgan fingerprint density at radius 1 is 1.02 bits per heavy atom. The molecule has 12 heteroatoms. The van der Waals surface area contributed by atoms with E-state index in [0.717, 1.165) is 68.2 Å². The molecule has 2 aromatic rings. The number of methoxy groups -OCH3 is 2. The van der Waals surface area contributed by atoms with Crippen molar-refractivity contribution in [1.82, 2.24) is 20.4 Å². The van der Waals surface area contributed by atoms with E-state index >= 15 is 0 Å². The van der Waals surface area contributed by atoms with Crippen LogP contribution in [0, 0.1) is 18.6 Å². The number of nitrogens with zero attached hydrogens (tertiary/aromatic N) is 3. The van der Waals surface area contributed by atoms with Crippen molar-refractivity contribution >= 4 is 23.7 Å². The van der Waals surface area contributed by atoms with Crippen LogP contribution in [0.3, 0.4) is 0 Å². The maximum absolute atomic E-state index is 14.1. The molecular weight excluding hydrogens is 536 g/mol. The van der Waals surface area contributed by atoms with Crippen molar-refractivity contribution in [3.05, 3.63) is 70.4 Å². The van der Waals surface area contributed by atoms with Gasteiger partial charge in [-0.1, -0.05) is 6.07 Å². The van der Waals surface area contributed by atoms with Crippen molar-refractivity contribution in [2.75, 3.05) is 58.4 Å². The molecule has 41 heavy (non-hydrogen) atoms. The predicted octanol–water partition coefficient (Wildman–Crippen LogP) is 3.72. The highest BCUT2D eigenvalue weighted by atomic mass is 19.2. The summed E-state index contributed by atoms with van der Waals surface area (Å²) in [5.41, 5.74) is 2.49. The molecule has 220 valence electrons. The number of aryl methyl sites for hydroxylation is 1. The van der Waals surface area contributed by atoms with Crippen LogP contribution in [-0.4, -0.2) is 81.3 Å². The Morgan fingerprint density at radius 3 is 2.39 bits per heavy atom. The number of amides is 4. The first-order valence-electron chi connectivity index (χ1n) is 13.4. The van der Waals surface area contributed by atoms with E-state index in [1.165, 1.54) is 18.7 Å². The number of benzene rings is 2. The van der Waals surface area contributed by atoms with Gasteiger partial charge >= 0.3 is 18.0 Å². The molecule has 2 aliphatic rings. The SMILES string of the molecule is COC(=O)C1=C(C)NC(=O)N(C(=O)NCCCN2CCN(c3ccc(OC)cc3C)CC2)C1c1ccc(F)c(F)c1. The zero-order chi connectivity index (χ0) is 29.7. The average molecular weight is 572 g/mol. The van der Waals surface area contributed by atoms with Gasteiger partial charge in [0.15, 0.2) is 11.6 Å². The van der Waals surface area contributed by atoms with Gasteiger partial charge < -0.3 is 25.0 Å². The summed E-state index contributed by atoms with van der Waals surface area (Å²) < 4.78 is 37.9. The molecule has 2 aromatic carbocycles. The van der Waals surface area contributed by atoms with Crippen molar-refractivity contribution in [1.29, 1.82) is 0 Å². The van der Waals surface area contributed by atoms with Crippen molar-refractivity contribution in [3.63, 3.8) is 0 Å². The van der Waals surface area contributed by atoms with Crippen LogP contribution in [0.5, 0.6) is 5.75 Å². The monoisotopic (exact) mass is 571 g/mol. The van der Waals surface area contributed by atoms with Crippen LogP contribution in [0.25, 0.3) is 0 Å². The third kappa shape index (κ3) is 6.59. The fourth-order valence-corrected chi connectivity index (χ4v) is 5.23. The summed E-state index contributed by atoms with van der Waals surface area (Å²) in [5.74, 6) is -2.24. The molecule has 0 aromatic heterocycles. The highest BCUT2D eigenvalue weighted by Crippen LogP contribution is 2.35. The Hall–Kier alpha value is -4.19. The summed E-state index contributed by atoms with van der Waals surface area (Å²) in [5, 5.41) is 5.22. The Balaban J connectivity index is 1.36. The molecule has 4 amide bonds. The minimum atomic E-state index is -1.30. The fraction of sp³-hybridized carbons (Fsp3) is 0.414. The molecule has 10 nitrogen and oxygen atoms in total. The number of esters is 1. The molecule has 0 saturated carbocycles. The first-order valence-corrected chi connectivity index (χ1v) is 13.4. The van der Waals surface area contributed by atoms with E-state index in [-0.39, 0.29) is 23.4 Å². The molecule has 2 aliphatic heterocycles. The van der Waals surface area contributed by atoms with Gasteiger partial charge in [0, 0.05) is 44.1 Å². The zero-order valence-electron chi connectivity index (χ0n) is 23.6. The number of nitrogens with one attached hydrogen (secondary N) is 2. The summed E-state index contributed by atoms with van der Waals surface area (Å²) in [6.07, 6.45) is 0.622. The number of hydrogen-bond donors (Lipinski definition) is 2. The standard InChI is InChI=1S/C29H35F2N5O5/c1-18-16-21(40-3)7-9-24(18)35-14-12-34(13-15-35)11-5-10-32-28(38)36-26(20-6-8-22(30)23(31)17-20)25(27(37)41-4)19(2)33-29(36)39/h6-9,16-17,26H,5,10-15H2,1-4H3,(H,32,38)(H,33,39). The van der Waals surface area contributed by atoms with Crippen LogP contribution in [0.4, 0.5) is 24.1 Å². The molecule has 2 N–H and O–H groups in total. The van der Waals surface area contributed by atoms with E-state index in [2.05, 4.69) is 33.4 Å². The third-order valence-corrected chi connectivity index (χ3v) is 7.38. The number of ether oxygens (including phenoxy) is 2. The second-order valence-electron chi connectivity index (χ2n) is 9.97. The van der Waals surface area contributed by atoms with Crippen molar-refractivity contribution in [3.8, 4) is 5.75 Å². The van der Waals surface area contributed by atoms with Gasteiger partial charge in [0.2, 0.25) is 0 Å². The third-order valence-electron chi connectivity index (χ3n) is 7.38. The lowest BCUT2D eigenvalue weighted by molar-refractivity contribution is -0.136. The zero-order valence-corrected chi connectivity index (χ0v) is 23.6. The number of hydrogen-bond acceptors (Lipinski definition) is 7. The lowest BCUT2D eigenvalue weighted by atomic mass is 9.94. The molecule has 0 aliphatic carbocycles. The van der Waals surface area contributed by atoms with Crippen molar-refractivity contribution in [2.45, 2.75) is 26.3 Å². The van der Waals surface area contributed by atoms with E-state index < -0.39 is 35.7 Å². The molecule has 4 rings (SSSR count). The van der Waals surface area contributed by atoms with Crippen molar-refractivity contribution in [2.24, 2.45) is 0 Å². The first-order chi connectivity index (χ1) is 19.6. The van der Waals surface area contributed by atoms with E-state index in [1.807, 2.05) is 12.1 Å². The minimum Gasteiger partial charge on any atom is -0.497 e. The number of carbonyl (C=O) groups excluding carboxylic acids is 3. The molecule has 2 heterocycles. The summed E-state index contributed by atoms with van der Waals surface area (Å²) in [4.78, 5) is 44.2. The average Bonchev–Trinajstić information content (AvgIpc) is 2.96. The molecular formula is C29H35F2N5O5. The highest BCUT2D eigenvalue weighted by Gasteiger charge is 2.42. The Bertz CT molecular complexity index is 1340. The van der Waals surface area contributed by atoms with Gasteiger partial charge in [-0.3, -0.25) is 4.90 Å². The van der Waals surface area contributed by atoms with E-state index in [9.17, 15) is 23.2 Å². The number of halogens is 2. The summed E-state index contributed by atoms with van der Waals surface area (Å²) >= 11 is 0. The second-order valence-corrected chi connectivity index (χ2v) is 9.97. The summed E-state index contributed by atoms with van der Waals surface area (Å²) in [6.45, 7) is 8.00. The van der Waals surface area contributed by atoms with Gasteiger partial charge in [0.25, 0.3) is 0 Å².